The van der Waals surface area contributed by atoms with Crippen LogP contribution < -0.4 is 5.32 Å². The van der Waals surface area contributed by atoms with Crippen LogP contribution in [0.15, 0.2) is 64.6 Å². The zero-order chi connectivity index (χ0) is 18.9. The number of nitrogens with one attached hydrogen (secondary N) is 1. The van der Waals surface area contributed by atoms with Gasteiger partial charge in [-0.3, -0.25) is 0 Å². The third-order valence-electron chi connectivity index (χ3n) is 4.11. The lowest BCUT2D eigenvalue weighted by molar-refractivity contribution is 0.581. The highest BCUT2D eigenvalue weighted by Crippen LogP contribution is 2.25. The van der Waals surface area contributed by atoms with Gasteiger partial charge in [0, 0.05) is 5.38 Å². The minimum atomic E-state index is -0.370. The van der Waals surface area contributed by atoms with Crippen molar-refractivity contribution in [3.63, 3.8) is 0 Å². The van der Waals surface area contributed by atoms with E-state index in [0.717, 1.165) is 16.5 Å². The van der Waals surface area contributed by atoms with Crippen LogP contribution >= 0.6 is 11.3 Å². The molecule has 0 atom stereocenters. The van der Waals surface area contributed by atoms with E-state index < -0.39 is 0 Å². The first-order chi connectivity index (χ1) is 13.8. The standard InChI is InChI=1S/C19H13FN6OS/c20-14-5-2-1-4-13(14)18-24-23-17-8-7-16(25-26(17)18)21-10-12-11-28-19(22-12)15-6-3-9-27-15/h1-9,11H,10H2,(H,21,25). The van der Waals surface area contributed by atoms with Crippen LogP contribution in [-0.2, 0) is 6.54 Å². The molecule has 0 unspecified atom stereocenters. The fourth-order valence-electron chi connectivity index (χ4n) is 2.78. The number of aromatic nitrogens is 5. The number of furan rings is 1. The van der Waals surface area contributed by atoms with Gasteiger partial charge in [0.25, 0.3) is 0 Å². The number of fused-ring (bicyclic) bond motifs is 1. The topological polar surface area (TPSA) is 81.1 Å². The molecule has 0 amide bonds. The summed E-state index contributed by atoms with van der Waals surface area (Å²) in [5, 5.41) is 18.7. The van der Waals surface area contributed by atoms with Crippen LogP contribution in [0.3, 0.4) is 0 Å². The van der Waals surface area contributed by atoms with E-state index in [1.165, 1.54) is 21.9 Å². The predicted molar refractivity (Wildman–Crippen MR) is 103 cm³/mol. The number of halogens is 1. The Morgan fingerprint density at radius 2 is 2.00 bits per heavy atom. The van der Waals surface area contributed by atoms with E-state index in [1.54, 1.807) is 36.6 Å². The Morgan fingerprint density at radius 3 is 2.86 bits per heavy atom. The minimum absolute atomic E-state index is 0.349. The predicted octanol–water partition coefficient (Wildman–Crippen LogP) is 4.26. The zero-order valence-electron chi connectivity index (χ0n) is 14.4. The highest BCUT2D eigenvalue weighted by Gasteiger charge is 2.14. The van der Waals surface area contributed by atoms with E-state index in [2.05, 4.69) is 25.6 Å². The van der Waals surface area contributed by atoms with Crippen molar-refractivity contribution in [1.82, 2.24) is 24.8 Å². The first-order valence-electron chi connectivity index (χ1n) is 8.47. The molecule has 0 aliphatic carbocycles. The Labute approximate surface area is 162 Å². The number of rotatable bonds is 5. The molecular formula is C19H13FN6OS. The van der Waals surface area contributed by atoms with Gasteiger partial charge >= 0.3 is 0 Å². The molecule has 5 rings (SSSR count). The van der Waals surface area contributed by atoms with E-state index >= 15 is 0 Å². The van der Waals surface area contributed by atoms with Gasteiger partial charge in [-0.25, -0.2) is 9.37 Å². The molecule has 0 bridgehead atoms. The summed E-state index contributed by atoms with van der Waals surface area (Å²) in [5.74, 6) is 1.34. The molecule has 5 aromatic rings. The van der Waals surface area contributed by atoms with Crippen LogP contribution in [0, 0.1) is 5.82 Å². The second-order valence-corrected chi connectivity index (χ2v) is 6.82. The largest absolute Gasteiger partial charge is 0.462 e. The van der Waals surface area contributed by atoms with E-state index in [9.17, 15) is 4.39 Å². The van der Waals surface area contributed by atoms with Gasteiger partial charge in [0.05, 0.1) is 24.1 Å². The van der Waals surface area contributed by atoms with Gasteiger partial charge in [-0.05, 0) is 36.4 Å². The fourth-order valence-corrected chi connectivity index (χ4v) is 3.56. The molecular weight excluding hydrogens is 379 g/mol. The average Bonchev–Trinajstić information content (AvgIpc) is 3.46. The smallest absolute Gasteiger partial charge is 0.188 e. The van der Waals surface area contributed by atoms with Gasteiger partial charge in [0.15, 0.2) is 22.2 Å². The van der Waals surface area contributed by atoms with E-state index in [1.807, 2.05) is 17.5 Å². The summed E-state index contributed by atoms with van der Waals surface area (Å²) in [7, 11) is 0. The summed E-state index contributed by atoms with van der Waals surface area (Å²) in [4.78, 5) is 4.55. The third kappa shape index (κ3) is 3.01. The summed E-state index contributed by atoms with van der Waals surface area (Å²) in [6.07, 6.45) is 1.63. The molecule has 4 heterocycles. The van der Waals surface area contributed by atoms with Crippen LogP contribution in [0.4, 0.5) is 10.2 Å². The third-order valence-corrected chi connectivity index (χ3v) is 5.02. The van der Waals surface area contributed by atoms with Crippen LogP contribution in [0.2, 0.25) is 0 Å². The maximum atomic E-state index is 14.1. The Bertz CT molecular complexity index is 1250. The van der Waals surface area contributed by atoms with Gasteiger partial charge < -0.3 is 9.73 Å². The number of nitrogens with zero attached hydrogens (tertiary/aromatic N) is 5. The number of hydrogen-bond donors (Lipinski definition) is 1. The average molecular weight is 392 g/mol. The minimum Gasteiger partial charge on any atom is -0.462 e. The maximum Gasteiger partial charge on any atom is 0.188 e. The van der Waals surface area contributed by atoms with Crippen molar-refractivity contribution in [3.8, 4) is 22.2 Å². The van der Waals surface area contributed by atoms with Gasteiger partial charge in [-0.1, -0.05) is 12.1 Å². The van der Waals surface area contributed by atoms with Crippen molar-refractivity contribution in [2.75, 3.05) is 5.32 Å². The van der Waals surface area contributed by atoms with Crippen molar-refractivity contribution in [1.29, 1.82) is 0 Å². The first kappa shape index (κ1) is 16.6. The van der Waals surface area contributed by atoms with Gasteiger partial charge in [-0.15, -0.1) is 26.6 Å². The normalized spacial score (nSPS) is 11.2. The Morgan fingerprint density at radius 1 is 1.07 bits per heavy atom. The van der Waals surface area contributed by atoms with Crippen LogP contribution in [0.25, 0.3) is 27.8 Å². The molecule has 0 radical (unpaired) electrons. The molecule has 0 aliphatic rings. The molecule has 0 fully saturated rings. The molecule has 7 nitrogen and oxygen atoms in total. The summed E-state index contributed by atoms with van der Waals surface area (Å²) < 4.78 is 21.0. The summed E-state index contributed by atoms with van der Waals surface area (Å²) >= 11 is 1.52. The SMILES string of the molecule is Fc1ccccc1-c1nnc2ccc(NCc3csc(-c4ccco4)n3)nn12. The Balaban J connectivity index is 1.40. The molecule has 138 valence electrons. The van der Waals surface area contributed by atoms with Crippen molar-refractivity contribution in [3.05, 3.63) is 71.7 Å². The van der Waals surface area contributed by atoms with Crippen LogP contribution in [-0.4, -0.2) is 24.8 Å². The lowest BCUT2D eigenvalue weighted by Gasteiger charge is -2.05. The Hall–Kier alpha value is -3.59. The second kappa shape index (κ2) is 6.86. The number of hydrogen-bond acceptors (Lipinski definition) is 7. The van der Waals surface area contributed by atoms with Crippen LogP contribution in [0.5, 0.6) is 0 Å². The monoisotopic (exact) mass is 392 g/mol. The summed E-state index contributed by atoms with van der Waals surface area (Å²) in [5.41, 5.74) is 1.76. The summed E-state index contributed by atoms with van der Waals surface area (Å²) in [6, 6.07) is 13.7. The molecule has 0 saturated heterocycles. The molecule has 1 N–H and O–H groups in total. The highest BCUT2D eigenvalue weighted by molar-refractivity contribution is 7.13. The molecule has 9 heteroatoms. The molecule has 28 heavy (non-hydrogen) atoms. The number of benzene rings is 1. The maximum absolute atomic E-state index is 14.1. The van der Waals surface area contributed by atoms with Crippen molar-refractivity contribution in [2.45, 2.75) is 6.54 Å². The lowest BCUT2D eigenvalue weighted by atomic mass is 10.2. The van der Waals surface area contributed by atoms with Crippen LogP contribution in [0.1, 0.15) is 5.69 Å². The molecule has 4 aromatic heterocycles. The van der Waals surface area contributed by atoms with Crippen molar-refractivity contribution >= 4 is 22.8 Å². The number of thiazole rings is 1. The first-order valence-corrected chi connectivity index (χ1v) is 9.35. The van der Waals surface area contributed by atoms with E-state index in [4.69, 9.17) is 4.42 Å². The highest BCUT2D eigenvalue weighted by atomic mass is 32.1. The van der Waals surface area contributed by atoms with Crippen molar-refractivity contribution in [2.24, 2.45) is 0 Å². The van der Waals surface area contributed by atoms with Gasteiger partial charge in [0.1, 0.15) is 11.6 Å². The van der Waals surface area contributed by atoms with E-state index in [0.29, 0.717) is 29.4 Å². The Kier molecular flexibility index (Phi) is 4.06. The molecule has 0 saturated carbocycles. The fraction of sp³-hybridized carbons (Fsp3) is 0.0526. The molecule has 0 spiro atoms. The van der Waals surface area contributed by atoms with Gasteiger partial charge in [0.2, 0.25) is 0 Å². The number of anilines is 1. The molecule has 0 aliphatic heterocycles. The lowest BCUT2D eigenvalue weighted by Crippen LogP contribution is -2.05. The van der Waals surface area contributed by atoms with E-state index in [-0.39, 0.29) is 5.82 Å². The molecule has 1 aromatic carbocycles. The summed E-state index contributed by atoms with van der Waals surface area (Å²) in [6.45, 7) is 0.493. The zero-order valence-corrected chi connectivity index (χ0v) is 15.2. The second-order valence-electron chi connectivity index (χ2n) is 5.97. The van der Waals surface area contributed by atoms with Gasteiger partial charge in [-0.2, -0.15) is 4.52 Å². The van der Waals surface area contributed by atoms with Crippen molar-refractivity contribution < 1.29 is 8.81 Å². The quantitative estimate of drug-likeness (QED) is 0.481.